The highest BCUT2D eigenvalue weighted by atomic mass is 35.5. The van der Waals surface area contributed by atoms with Gasteiger partial charge in [-0.3, -0.25) is 0 Å². The number of benzene rings is 1. The molecule has 2 aromatic rings. The van der Waals surface area contributed by atoms with Crippen molar-refractivity contribution in [3.05, 3.63) is 24.3 Å². The average Bonchev–Trinajstić information content (AvgIpc) is 2.51. The number of hydrogen-bond acceptors (Lipinski definition) is 2. The van der Waals surface area contributed by atoms with Gasteiger partial charge in [0.15, 0.2) is 0 Å². The SMILES string of the molecule is CCCCn1c(N)nc2ccccc21.[Cl-]. The molecule has 0 aliphatic rings. The van der Waals surface area contributed by atoms with Crippen LogP contribution in [0.4, 0.5) is 5.95 Å². The van der Waals surface area contributed by atoms with Gasteiger partial charge in [0.05, 0.1) is 11.0 Å². The van der Waals surface area contributed by atoms with Gasteiger partial charge in [-0.05, 0) is 18.6 Å². The van der Waals surface area contributed by atoms with E-state index in [1.807, 2.05) is 18.2 Å². The topological polar surface area (TPSA) is 43.8 Å². The van der Waals surface area contributed by atoms with Crippen molar-refractivity contribution >= 4 is 17.0 Å². The summed E-state index contributed by atoms with van der Waals surface area (Å²) in [5.41, 5.74) is 7.97. The highest BCUT2D eigenvalue weighted by Gasteiger charge is 2.05. The lowest BCUT2D eigenvalue weighted by Crippen LogP contribution is -3.00. The molecule has 0 unspecified atom stereocenters. The Morgan fingerprint density at radius 3 is 2.80 bits per heavy atom. The molecular weight excluding hydrogens is 210 g/mol. The van der Waals surface area contributed by atoms with E-state index in [9.17, 15) is 0 Å². The molecule has 0 radical (unpaired) electrons. The molecule has 0 saturated carbocycles. The molecule has 0 spiro atoms. The summed E-state index contributed by atoms with van der Waals surface area (Å²) >= 11 is 0. The van der Waals surface area contributed by atoms with Crippen molar-refractivity contribution in [2.24, 2.45) is 0 Å². The van der Waals surface area contributed by atoms with Gasteiger partial charge in [0.1, 0.15) is 0 Å². The first kappa shape index (κ1) is 11.9. The molecule has 1 aromatic carbocycles. The smallest absolute Gasteiger partial charge is 0.201 e. The molecule has 2 N–H and O–H groups in total. The first-order valence-corrected chi connectivity index (χ1v) is 5.03. The molecule has 3 nitrogen and oxygen atoms in total. The fraction of sp³-hybridized carbons (Fsp3) is 0.364. The van der Waals surface area contributed by atoms with Crippen LogP contribution in [0.5, 0.6) is 0 Å². The predicted molar refractivity (Wildman–Crippen MR) is 59.1 cm³/mol. The van der Waals surface area contributed by atoms with Gasteiger partial charge < -0.3 is 22.7 Å². The van der Waals surface area contributed by atoms with E-state index in [4.69, 9.17) is 5.73 Å². The van der Waals surface area contributed by atoms with Gasteiger partial charge in [-0.2, -0.15) is 0 Å². The molecule has 0 bridgehead atoms. The Kier molecular flexibility index (Phi) is 3.97. The molecule has 1 aromatic heterocycles. The quantitative estimate of drug-likeness (QED) is 0.759. The zero-order valence-corrected chi connectivity index (χ0v) is 9.54. The minimum Gasteiger partial charge on any atom is -1.00 e. The van der Waals surface area contributed by atoms with Crippen molar-refractivity contribution in [1.82, 2.24) is 9.55 Å². The van der Waals surface area contributed by atoms with Crippen LogP contribution in [-0.4, -0.2) is 9.55 Å². The number of hydrogen-bond donors (Lipinski definition) is 1. The lowest BCUT2D eigenvalue weighted by molar-refractivity contribution is -0.00000307. The number of nitrogens with two attached hydrogens (primary N) is 1. The average molecular weight is 225 g/mol. The van der Waals surface area contributed by atoms with Gasteiger partial charge in [-0.25, -0.2) is 4.98 Å². The number of fused-ring (bicyclic) bond motifs is 1. The second-order valence-electron chi connectivity index (χ2n) is 3.46. The molecule has 2 rings (SSSR count). The molecular formula is C11H15ClN3-. The fourth-order valence-corrected chi connectivity index (χ4v) is 1.65. The van der Waals surface area contributed by atoms with Crippen LogP contribution in [0.2, 0.25) is 0 Å². The minimum atomic E-state index is 0. The van der Waals surface area contributed by atoms with Gasteiger partial charge >= 0.3 is 0 Å². The first-order valence-electron chi connectivity index (χ1n) is 5.03. The largest absolute Gasteiger partial charge is 1.00 e. The maximum atomic E-state index is 5.85. The van der Waals surface area contributed by atoms with Gasteiger partial charge in [0, 0.05) is 6.54 Å². The van der Waals surface area contributed by atoms with E-state index < -0.39 is 0 Å². The number of unbranched alkanes of at least 4 members (excludes halogenated alkanes) is 1. The van der Waals surface area contributed by atoms with Crippen LogP contribution in [0.3, 0.4) is 0 Å². The molecule has 0 saturated heterocycles. The molecule has 0 aliphatic carbocycles. The van der Waals surface area contributed by atoms with Crippen molar-refractivity contribution in [1.29, 1.82) is 0 Å². The van der Waals surface area contributed by atoms with Crippen LogP contribution < -0.4 is 18.1 Å². The normalized spacial score (nSPS) is 10.2. The monoisotopic (exact) mass is 224 g/mol. The van der Waals surface area contributed by atoms with Crippen LogP contribution in [0.1, 0.15) is 19.8 Å². The molecule has 1 heterocycles. The lowest BCUT2D eigenvalue weighted by Gasteiger charge is -2.04. The number of aromatic nitrogens is 2. The van der Waals surface area contributed by atoms with Gasteiger partial charge in [-0.15, -0.1) is 0 Å². The van der Waals surface area contributed by atoms with E-state index in [1.54, 1.807) is 0 Å². The zero-order chi connectivity index (χ0) is 9.97. The Balaban J connectivity index is 0.00000112. The van der Waals surface area contributed by atoms with Crippen LogP contribution >= 0.6 is 0 Å². The van der Waals surface area contributed by atoms with E-state index in [1.165, 1.54) is 6.42 Å². The lowest BCUT2D eigenvalue weighted by atomic mass is 10.3. The van der Waals surface area contributed by atoms with Crippen molar-refractivity contribution in [3.8, 4) is 0 Å². The Bertz CT molecular complexity index is 436. The van der Waals surface area contributed by atoms with E-state index in [0.29, 0.717) is 5.95 Å². The maximum absolute atomic E-state index is 5.85. The number of rotatable bonds is 3. The number of para-hydroxylation sites is 2. The van der Waals surface area contributed by atoms with E-state index >= 15 is 0 Å². The van der Waals surface area contributed by atoms with E-state index in [0.717, 1.165) is 24.0 Å². The number of aryl methyl sites for hydroxylation is 1. The van der Waals surface area contributed by atoms with E-state index in [2.05, 4.69) is 22.5 Å². The Morgan fingerprint density at radius 2 is 2.07 bits per heavy atom. The maximum Gasteiger partial charge on any atom is 0.201 e. The summed E-state index contributed by atoms with van der Waals surface area (Å²) in [5, 5.41) is 0. The minimum absolute atomic E-state index is 0. The highest BCUT2D eigenvalue weighted by molar-refractivity contribution is 5.78. The number of nitrogen functional groups attached to an aromatic ring is 1. The molecule has 15 heavy (non-hydrogen) atoms. The van der Waals surface area contributed by atoms with E-state index in [-0.39, 0.29) is 12.4 Å². The number of imidazole rings is 1. The summed E-state index contributed by atoms with van der Waals surface area (Å²) in [7, 11) is 0. The summed E-state index contributed by atoms with van der Waals surface area (Å²) in [5.74, 6) is 0.625. The molecule has 4 heteroatoms. The van der Waals surface area contributed by atoms with Crippen LogP contribution in [0.25, 0.3) is 11.0 Å². The number of nitrogens with zero attached hydrogens (tertiary/aromatic N) is 2. The third kappa shape index (κ3) is 2.23. The highest BCUT2D eigenvalue weighted by Crippen LogP contribution is 2.17. The van der Waals surface area contributed by atoms with Gasteiger partial charge in [0.2, 0.25) is 5.95 Å². The Hall–Kier alpha value is -1.22. The number of halogens is 1. The Labute approximate surface area is 95.7 Å². The molecule has 82 valence electrons. The molecule has 0 amide bonds. The molecule has 0 fully saturated rings. The third-order valence-electron chi connectivity index (χ3n) is 2.42. The predicted octanol–water partition coefficient (Wildman–Crippen LogP) is -0.577. The third-order valence-corrected chi connectivity index (χ3v) is 2.42. The fourth-order valence-electron chi connectivity index (χ4n) is 1.65. The van der Waals surface area contributed by atoms with Gasteiger partial charge in [-0.1, -0.05) is 25.5 Å². The molecule has 0 aliphatic heterocycles. The van der Waals surface area contributed by atoms with Crippen molar-refractivity contribution in [2.45, 2.75) is 26.3 Å². The van der Waals surface area contributed by atoms with Crippen LogP contribution in [-0.2, 0) is 6.54 Å². The number of anilines is 1. The van der Waals surface area contributed by atoms with Gasteiger partial charge in [0.25, 0.3) is 0 Å². The Morgan fingerprint density at radius 1 is 1.33 bits per heavy atom. The summed E-state index contributed by atoms with van der Waals surface area (Å²) in [6.45, 7) is 3.14. The molecule has 0 atom stereocenters. The summed E-state index contributed by atoms with van der Waals surface area (Å²) in [6.07, 6.45) is 2.32. The van der Waals surface area contributed by atoms with Crippen LogP contribution in [0.15, 0.2) is 24.3 Å². The second kappa shape index (κ2) is 5.03. The summed E-state index contributed by atoms with van der Waals surface area (Å²) < 4.78 is 2.08. The zero-order valence-electron chi connectivity index (χ0n) is 8.78. The second-order valence-corrected chi connectivity index (χ2v) is 3.46. The summed E-state index contributed by atoms with van der Waals surface area (Å²) in [4.78, 5) is 4.31. The first-order chi connectivity index (χ1) is 6.83. The van der Waals surface area contributed by atoms with Crippen molar-refractivity contribution in [3.63, 3.8) is 0 Å². The van der Waals surface area contributed by atoms with Crippen LogP contribution in [0, 0.1) is 0 Å². The van der Waals surface area contributed by atoms with Crippen molar-refractivity contribution in [2.75, 3.05) is 5.73 Å². The van der Waals surface area contributed by atoms with Crippen molar-refractivity contribution < 1.29 is 12.4 Å². The standard InChI is InChI=1S/C11H15N3.ClH/c1-2-3-8-14-10-7-5-4-6-9(10)13-11(14)12;/h4-7H,2-3,8H2,1H3,(H2,12,13);1H/p-1. The summed E-state index contributed by atoms with van der Waals surface area (Å²) in [6, 6.07) is 8.06.